The summed E-state index contributed by atoms with van der Waals surface area (Å²) in [6.45, 7) is -2.83. The Morgan fingerprint density at radius 1 is 0.786 bits per heavy atom. The predicted octanol–water partition coefficient (Wildman–Crippen LogP) is 5.55. The summed E-state index contributed by atoms with van der Waals surface area (Å²) in [5.41, 5.74) is 0. The minimum Gasteiger partial charge on any atom is -0.459 e. The van der Waals surface area contributed by atoms with Crippen molar-refractivity contribution in [3.05, 3.63) is 0 Å². The molecule has 14 heteroatoms. The highest BCUT2D eigenvalue weighted by molar-refractivity contribution is 5.72. The van der Waals surface area contributed by atoms with Crippen LogP contribution in [0.1, 0.15) is 32.1 Å². The number of halogens is 12. The molecule has 0 aromatic carbocycles. The number of alkyl halides is 12. The normalized spacial score (nSPS) is 18.5. The topological polar surface area (TPSA) is 26.3 Å². The third-order valence-electron chi connectivity index (χ3n) is 4.27. The monoisotopic (exact) mass is 442 g/mol. The van der Waals surface area contributed by atoms with Crippen molar-refractivity contribution in [1.29, 1.82) is 0 Å². The summed E-state index contributed by atoms with van der Waals surface area (Å²) in [5, 5.41) is 0. The molecule has 0 amide bonds. The summed E-state index contributed by atoms with van der Waals surface area (Å²) in [6, 6.07) is 0. The summed E-state index contributed by atoms with van der Waals surface area (Å²) in [6.07, 6.45) is -3.72. The van der Waals surface area contributed by atoms with Gasteiger partial charge in [0.15, 0.2) is 6.61 Å². The molecular weight excluding hydrogens is 428 g/mol. The molecule has 0 atom stereocenters. The van der Waals surface area contributed by atoms with E-state index in [0.29, 0.717) is 19.3 Å². The highest BCUT2D eigenvalue weighted by Crippen LogP contribution is 2.58. The van der Waals surface area contributed by atoms with Crippen molar-refractivity contribution in [1.82, 2.24) is 0 Å². The number of carbonyl (C=O) groups excluding carboxylic acids is 1. The summed E-state index contributed by atoms with van der Waals surface area (Å²) in [4.78, 5) is 11.5. The van der Waals surface area contributed by atoms with Crippen molar-refractivity contribution < 1.29 is 62.2 Å². The molecule has 1 aliphatic carbocycles. The molecule has 0 heterocycles. The fourth-order valence-corrected chi connectivity index (χ4v) is 2.48. The van der Waals surface area contributed by atoms with Gasteiger partial charge in [-0.15, -0.1) is 0 Å². The SMILES string of the molecule is O=C(OCC(F)(F)C(F)(F)C(F)(F)C(F)(F)C(F)(F)C(F)F)C1CCCCC1. The fraction of sp³-hybridized carbons (Fsp3) is 0.929. The van der Waals surface area contributed by atoms with E-state index in [1.54, 1.807) is 0 Å². The van der Waals surface area contributed by atoms with E-state index < -0.39 is 54.5 Å². The van der Waals surface area contributed by atoms with Gasteiger partial charge in [-0.25, -0.2) is 8.78 Å². The lowest BCUT2D eigenvalue weighted by atomic mass is 9.89. The zero-order valence-corrected chi connectivity index (χ0v) is 13.7. The molecule has 0 unspecified atom stereocenters. The quantitative estimate of drug-likeness (QED) is 0.364. The highest BCUT2D eigenvalue weighted by Gasteiger charge is 2.87. The van der Waals surface area contributed by atoms with Crippen LogP contribution in [-0.2, 0) is 9.53 Å². The zero-order chi connectivity index (χ0) is 22.2. The molecule has 0 spiro atoms. The molecule has 2 nitrogen and oxygen atoms in total. The molecule has 28 heavy (non-hydrogen) atoms. The highest BCUT2D eigenvalue weighted by atomic mass is 19.4. The number of hydrogen-bond acceptors (Lipinski definition) is 2. The van der Waals surface area contributed by atoms with Gasteiger partial charge in [0.1, 0.15) is 0 Å². The van der Waals surface area contributed by atoms with Gasteiger partial charge < -0.3 is 4.74 Å². The van der Waals surface area contributed by atoms with Crippen molar-refractivity contribution in [3.63, 3.8) is 0 Å². The third-order valence-corrected chi connectivity index (χ3v) is 4.27. The van der Waals surface area contributed by atoms with Gasteiger partial charge >= 0.3 is 42.0 Å². The summed E-state index contributed by atoms with van der Waals surface area (Å²) in [7, 11) is 0. The van der Waals surface area contributed by atoms with Crippen molar-refractivity contribution in [2.45, 2.75) is 68.1 Å². The molecule has 1 fully saturated rings. The van der Waals surface area contributed by atoms with Crippen LogP contribution in [0, 0.1) is 5.92 Å². The lowest BCUT2D eigenvalue weighted by Crippen LogP contribution is -2.69. The minimum absolute atomic E-state index is 0.121. The van der Waals surface area contributed by atoms with E-state index in [-0.39, 0.29) is 12.8 Å². The van der Waals surface area contributed by atoms with Gasteiger partial charge in [-0.1, -0.05) is 19.3 Å². The van der Waals surface area contributed by atoms with Crippen molar-refractivity contribution in [2.24, 2.45) is 5.92 Å². The standard InChI is InChI=1S/C14H14F12O2/c15-9(16)11(19,20)13(23,24)14(25,26)12(21,22)10(17,18)6-28-8(27)7-4-2-1-3-5-7/h7,9H,1-6H2. The Morgan fingerprint density at radius 3 is 1.68 bits per heavy atom. The van der Waals surface area contributed by atoms with Crippen molar-refractivity contribution in [2.75, 3.05) is 6.61 Å². The van der Waals surface area contributed by atoms with Crippen LogP contribution in [0.25, 0.3) is 0 Å². The Labute approximate surface area is 150 Å². The maximum atomic E-state index is 13.5. The van der Waals surface area contributed by atoms with Crippen molar-refractivity contribution >= 4 is 5.97 Å². The summed E-state index contributed by atoms with van der Waals surface area (Å²) < 4.78 is 159. The number of carbonyl (C=O) groups is 1. The number of ether oxygens (including phenoxy) is 1. The van der Waals surface area contributed by atoms with E-state index in [4.69, 9.17) is 0 Å². The fourth-order valence-electron chi connectivity index (χ4n) is 2.48. The lowest BCUT2D eigenvalue weighted by molar-refractivity contribution is -0.414. The second-order valence-corrected chi connectivity index (χ2v) is 6.29. The van der Waals surface area contributed by atoms with Crippen LogP contribution in [0.3, 0.4) is 0 Å². The Bertz CT molecular complexity index is 555. The first kappa shape index (κ1) is 24.7. The Morgan fingerprint density at radius 2 is 1.25 bits per heavy atom. The van der Waals surface area contributed by atoms with Gasteiger partial charge in [0.25, 0.3) is 0 Å². The molecule has 0 aromatic rings. The molecule has 1 aliphatic rings. The molecule has 0 aromatic heterocycles. The first-order valence-electron chi connectivity index (χ1n) is 7.77. The molecule has 0 aliphatic heterocycles. The maximum absolute atomic E-state index is 13.5. The molecule has 1 saturated carbocycles. The molecule has 0 saturated heterocycles. The van der Waals surface area contributed by atoms with Gasteiger partial charge in [0.2, 0.25) is 0 Å². The first-order valence-corrected chi connectivity index (χ1v) is 7.77. The summed E-state index contributed by atoms with van der Waals surface area (Å²) >= 11 is 0. The van der Waals surface area contributed by atoms with Crippen LogP contribution in [0.15, 0.2) is 0 Å². The smallest absolute Gasteiger partial charge is 0.384 e. The average Bonchev–Trinajstić information content (AvgIpc) is 2.59. The molecule has 0 bridgehead atoms. The minimum atomic E-state index is -7.61. The van der Waals surface area contributed by atoms with E-state index in [0.717, 1.165) is 0 Å². The maximum Gasteiger partial charge on any atom is 0.384 e. The van der Waals surface area contributed by atoms with Gasteiger partial charge in [0.05, 0.1) is 5.92 Å². The summed E-state index contributed by atoms with van der Waals surface area (Å²) in [5.74, 6) is -38.2. The van der Waals surface area contributed by atoms with Crippen LogP contribution in [-0.4, -0.2) is 48.6 Å². The second kappa shape index (κ2) is 7.81. The zero-order valence-electron chi connectivity index (χ0n) is 13.7. The molecule has 0 radical (unpaired) electrons. The largest absolute Gasteiger partial charge is 0.459 e. The third kappa shape index (κ3) is 4.00. The van der Waals surface area contributed by atoms with E-state index in [2.05, 4.69) is 4.74 Å². The number of esters is 1. The van der Waals surface area contributed by atoms with E-state index >= 15 is 0 Å². The number of hydrogen-bond donors (Lipinski definition) is 0. The van der Waals surface area contributed by atoms with Gasteiger partial charge in [-0.05, 0) is 12.8 Å². The van der Waals surface area contributed by atoms with E-state index in [1.807, 2.05) is 0 Å². The van der Waals surface area contributed by atoms with Crippen LogP contribution < -0.4 is 0 Å². The Hall–Kier alpha value is -1.37. The molecule has 166 valence electrons. The van der Waals surface area contributed by atoms with Crippen LogP contribution in [0.2, 0.25) is 0 Å². The van der Waals surface area contributed by atoms with Crippen molar-refractivity contribution in [3.8, 4) is 0 Å². The van der Waals surface area contributed by atoms with Crippen LogP contribution in [0.4, 0.5) is 52.7 Å². The Balaban J connectivity index is 3.04. The molecule has 0 N–H and O–H groups in total. The predicted molar refractivity (Wildman–Crippen MR) is 68.3 cm³/mol. The van der Waals surface area contributed by atoms with Crippen LogP contribution >= 0.6 is 0 Å². The van der Waals surface area contributed by atoms with E-state index in [9.17, 15) is 57.5 Å². The first-order chi connectivity index (χ1) is 12.4. The van der Waals surface area contributed by atoms with Gasteiger partial charge in [-0.3, -0.25) is 4.79 Å². The second-order valence-electron chi connectivity index (χ2n) is 6.29. The molecular formula is C14H14F12O2. The van der Waals surface area contributed by atoms with Crippen LogP contribution in [0.5, 0.6) is 0 Å². The Kier molecular flexibility index (Phi) is 6.88. The van der Waals surface area contributed by atoms with Gasteiger partial charge in [0, 0.05) is 0 Å². The lowest BCUT2D eigenvalue weighted by Gasteiger charge is -2.39. The van der Waals surface area contributed by atoms with E-state index in [1.165, 1.54) is 0 Å². The number of rotatable bonds is 8. The van der Waals surface area contributed by atoms with Gasteiger partial charge in [-0.2, -0.15) is 43.9 Å². The molecule has 1 rings (SSSR count). The average molecular weight is 442 g/mol.